The van der Waals surface area contributed by atoms with Gasteiger partial charge >= 0.3 is 5.16 Å². The molecule has 82 valence electrons. The van der Waals surface area contributed by atoms with Gasteiger partial charge in [0.05, 0.1) is 12.7 Å². The van der Waals surface area contributed by atoms with Crippen LogP contribution in [-0.4, -0.2) is 44.6 Å². The molecule has 0 aromatic rings. The average molecular weight is 333 g/mol. The third kappa shape index (κ3) is 4.16. The van der Waals surface area contributed by atoms with Gasteiger partial charge in [0, 0.05) is 41.2 Å². The Bertz CT molecular complexity index is 238. The molecule has 1 heterocycles. The molecular formula is C6H14BINO4P. The summed E-state index contributed by atoms with van der Waals surface area (Å²) in [5.41, 5.74) is 0. The van der Waals surface area contributed by atoms with Gasteiger partial charge in [-0.05, 0) is 6.42 Å². The average Bonchev–Trinajstić information content (AvgIpc) is 2.28. The minimum Gasteiger partial charge on any atom is -0.382 e. The van der Waals surface area contributed by atoms with Crippen molar-refractivity contribution in [2.45, 2.75) is 24.6 Å². The molecule has 1 fully saturated rings. The molecule has 0 aromatic heterocycles. The van der Waals surface area contributed by atoms with E-state index < -0.39 is 5.16 Å². The topological polar surface area (TPSA) is 67.8 Å². The number of rotatable bonds is 4. The van der Waals surface area contributed by atoms with Crippen LogP contribution in [0.15, 0.2) is 0 Å². The highest BCUT2D eigenvalue weighted by Gasteiger charge is 2.35. The highest BCUT2D eigenvalue weighted by Crippen LogP contribution is 2.47. The molecule has 0 aliphatic carbocycles. The Morgan fingerprint density at radius 1 is 1.86 bits per heavy atom. The second-order valence-corrected chi connectivity index (χ2v) is 8.60. The van der Waals surface area contributed by atoms with Crippen LogP contribution in [0.5, 0.6) is 0 Å². The van der Waals surface area contributed by atoms with Crippen LogP contribution in [0, 0.1) is 0 Å². The molecular weight excluding hydrogens is 319 g/mol. The van der Waals surface area contributed by atoms with Gasteiger partial charge in [-0.25, -0.2) is 5.09 Å². The molecule has 5 nitrogen and oxygen atoms in total. The highest BCUT2D eigenvalue weighted by molar-refractivity contribution is 14.2. The number of ether oxygens (including phenoxy) is 2. The lowest BCUT2D eigenvalue weighted by atomic mass is 9.95. The third-order valence-electron chi connectivity index (χ3n) is 2.10. The van der Waals surface area contributed by atoms with Gasteiger partial charge in [0.15, 0.2) is 0 Å². The zero-order valence-electron chi connectivity index (χ0n) is 8.14. The molecule has 0 saturated carbocycles. The van der Waals surface area contributed by atoms with Gasteiger partial charge in [0.2, 0.25) is 0 Å². The van der Waals surface area contributed by atoms with Crippen LogP contribution in [-0.2, 0) is 14.0 Å². The number of hydrogen-bond acceptors (Lipinski definition) is 3. The van der Waals surface area contributed by atoms with Crippen molar-refractivity contribution in [2.24, 2.45) is 0 Å². The maximum Gasteiger partial charge on any atom is 0.325 e. The molecule has 4 atom stereocenters. The van der Waals surface area contributed by atoms with Crippen LogP contribution < -0.4 is 5.09 Å². The molecule has 1 rings (SSSR count). The van der Waals surface area contributed by atoms with E-state index in [0.717, 1.165) is 6.42 Å². The van der Waals surface area contributed by atoms with Crippen LogP contribution in [0.25, 0.3) is 0 Å². The predicted molar refractivity (Wildman–Crippen MR) is 64.5 cm³/mol. The summed E-state index contributed by atoms with van der Waals surface area (Å²) in [4.78, 5) is 9.19. The van der Waals surface area contributed by atoms with Crippen LogP contribution in [0.2, 0.25) is 0 Å². The molecule has 1 saturated heterocycles. The molecule has 1 aliphatic rings. The molecule has 8 heteroatoms. The molecule has 1 aliphatic heterocycles. The summed E-state index contributed by atoms with van der Waals surface area (Å²) >= 11 is 1.52. The minimum atomic E-state index is -3.22. The fourth-order valence-electron chi connectivity index (χ4n) is 1.62. The molecule has 0 spiro atoms. The first kappa shape index (κ1) is 12.9. The normalized spacial score (nSPS) is 36.9. The minimum absolute atomic E-state index is 0.0994. The van der Waals surface area contributed by atoms with Crippen molar-refractivity contribution in [1.82, 2.24) is 5.09 Å². The summed E-state index contributed by atoms with van der Waals surface area (Å²) in [5, 5.41) is -0.542. The molecule has 0 radical (unpaired) electrons. The zero-order valence-corrected chi connectivity index (χ0v) is 11.2. The number of halogens is 1. The first-order valence-electron chi connectivity index (χ1n) is 4.37. The maximum atomic E-state index is 11.2. The number of methoxy groups -OCH3 is 1. The van der Waals surface area contributed by atoms with Crippen molar-refractivity contribution in [3.63, 3.8) is 0 Å². The summed E-state index contributed by atoms with van der Waals surface area (Å²) in [6, 6.07) is 0.00767. The lowest BCUT2D eigenvalue weighted by Gasteiger charge is -2.19. The standard InChI is InChI=1S/C6H14BINO4P/c1-12-3-5-4(2-6(7)13-5)9-14(8,10)11/h4-6H,2-3,7H2,1H3,(H2,9,10,11)/t4?,5-,6-/m1/s1. The summed E-state index contributed by atoms with van der Waals surface area (Å²) in [6.45, 7) is 0.443. The van der Waals surface area contributed by atoms with Gasteiger partial charge in [-0.3, -0.25) is 4.57 Å². The Hall–Kier alpha value is 0.865. The van der Waals surface area contributed by atoms with Crippen molar-refractivity contribution in [3.8, 4) is 0 Å². The Kier molecular flexibility index (Phi) is 4.87. The van der Waals surface area contributed by atoms with Crippen LogP contribution in [0.1, 0.15) is 6.42 Å². The van der Waals surface area contributed by atoms with Gasteiger partial charge < -0.3 is 14.4 Å². The van der Waals surface area contributed by atoms with Crippen LogP contribution >= 0.6 is 27.2 Å². The smallest absolute Gasteiger partial charge is 0.325 e. The predicted octanol–water partition coefficient (Wildman–Crippen LogP) is -0.126. The van der Waals surface area contributed by atoms with E-state index in [0.29, 0.717) is 6.61 Å². The largest absolute Gasteiger partial charge is 0.382 e. The number of hydrogen-bond donors (Lipinski definition) is 2. The van der Waals surface area contributed by atoms with E-state index in [4.69, 9.17) is 9.47 Å². The molecule has 0 amide bonds. The van der Waals surface area contributed by atoms with E-state index in [-0.39, 0.29) is 18.1 Å². The van der Waals surface area contributed by atoms with E-state index in [9.17, 15) is 9.46 Å². The van der Waals surface area contributed by atoms with Gasteiger partial charge in [0.1, 0.15) is 7.85 Å². The first-order chi connectivity index (χ1) is 6.42. The summed E-state index contributed by atoms with van der Waals surface area (Å²) in [7, 11) is 3.53. The Balaban J connectivity index is 2.53. The quantitative estimate of drug-likeness (QED) is 0.426. The highest BCUT2D eigenvalue weighted by atomic mass is 127. The fraction of sp³-hybridized carbons (Fsp3) is 1.00. The monoisotopic (exact) mass is 333 g/mol. The SMILES string of the molecule is B[C@H]1CC(NP(=O)(O)I)[C@@H](COC)O1. The molecule has 2 unspecified atom stereocenters. The summed E-state index contributed by atoms with van der Waals surface area (Å²) in [5.74, 6) is 0. The molecule has 0 bridgehead atoms. The van der Waals surface area contributed by atoms with Crippen molar-refractivity contribution < 1.29 is 18.9 Å². The molecule has 0 aromatic carbocycles. The summed E-state index contributed by atoms with van der Waals surface area (Å²) in [6.07, 6.45) is 0.604. The van der Waals surface area contributed by atoms with Gasteiger partial charge in [-0.2, -0.15) is 0 Å². The van der Waals surface area contributed by atoms with Crippen molar-refractivity contribution in [1.29, 1.82) is 0 Å². The van der Waals surface area contributed by atoms with E-state index in [1.807, 2.05) is 7.85 Å². The van der Waals surface area contributed by atoms with E-state index in [2.05, 4.69) is 5.09 Å². The lowest BCUT2D eigenvalue weighted by Crippen LogP contribution is -2.36. The Labute approximate surface area is 97.3 Å². The second kappa shape index (κ2) is 5.27. The molecule has 14 heavy (non-hydrogen) atoms. The lowest BCUT2D eigenvalue weighted by molar-refractivity contribution is 0.0182. The van der Waals surface area contributed by atoms with Crippen LogP contribution in [0.3, 0.4) is 0 Å². The van der Waals surface area contributed by atoms with E-state index in [1.165, 1.54) is 22.0 Å². The summed E-state index contributed by atoms with van der Waals surface area (Å²) < 4.78 is 21.7. The van der Waals surface area contributed by atoms with Crippen molar-refractivity contribution in [3.05, 3.63) is 0 Å². The third-order valence-corrected chi connectivity index (χ3v) is 3.58. The van der Waals surface area contributed by atoms with Crippen molar-refractivity contribution in [2.75, 3.05) is 13.7 Å². The van der Waals surface area contributed by atoms with Crippen LogP contribution in [0.4, 0.5) is 0 Å². The van der Waals surface area contributed by atoms with Gasteiger partial charge in [0.25, 0.3) is 0 Å². The van der Waals surface area contributed by atoms with Gasteiger partial charge in [-0.1, -0.05) is 0 Å². The Morgan fingerprint density at radius 2 is 2.50 bits per heavy atom. The van der Waals surface area contributed by atoms with E-state index >= 15 is 0 Å². The molecule has 2 N–H and O–H groups in total. The van der Waals surface area contributed by atoms with E-state index in [1.54, 1.807) is 7.11 Å². The maximum absolute atomic E-state index is 11.2. The second-order valence-electron chi connectivity index (χ2n) is 3.41. The number of nitrogens with one attached hydrogen (secondary N) is 1. The van der Waals surface area contributed by atoms with Gasteiger partial charge in [-0.15, -0.1) is 0 Å². The zero-order chi connectivity index (χ0) is 10.8. The Morgan fingerprint density at radius 3 is 3.00 bits per heavy atom. The van der Waals surface area contributed by atoms with Crippen molar-refractivity contribution >= 4 is 35.0 Å². The first-order valence-corrected chi connectivity index (χ1v) is 8.81. The fourth-order valence-corrected chi connectivity index (χ4v) is 3.37.